The molecule has 5 nitrogen and oxygen atoms in total. The molecule has 1 heterocycles. The quantitative estimate of drug-likeness (QED) is 0.335. The molecular weight excluding hydrogens is 472 g/mol. The van der Waals surface area contributed by atoms with E-state index < -0.39 is 0 Å². The first-order valence-corrected chi connectivity index (χ1v) is 14.4. The lowest BCUT2D eigenvalue weighted by Crippen LogP contribution is -2.29. The minimum atomic E-state index is 0.302. The lowest BCUT2D eigenvalue weighted by atomic mass is 9.79. The Bertz CT molecular complexity index is 1190. The van der Waals surface area contributed by atoms with Crippen molar-refractivity contribution in [2.75, 3.05) is 37.7 Å². The maximum absolute atomic E-state index is 10.4. The van der Waals surface area contributed by atoms with Crippen LogP contribution in [0.15, 0.2) is 60.7 Å². The standard InChI is InChI=1S/C33H42N2O3/c1-2-35(24-25-7-14-31(15-8-25)38-20-19-34-17-5-3-4-6-18-34)33-23-30(37)13-16-32(33)28-10-9-27-22-29(36)12-11-26(27)21-28/h7-8,11-16,22-23,28,36-37H,2-6,9-10,17-21,24H2,1H3. The predicted molar refractivity (Wildman–Crippen MR) is 155 cm³/mol. The molecule has 1 atom stereocenters. The van der Waals surface area contributed by atoms with Gasteiger partial charge in [-0.1, -0.05) is 37.1 Å². The van der Waals surface area contributed by atoms with Crippen molar-refractivity contribution in [1.29, 1.82) is 0 Å². The first-order valence-electron chi connectivity index (χ1n) is 14.4. The van der Waals surface area contributed by atoms with Gasteiger partial charge in [0.05, 0.1) is 0 Å². The third-order valence-corrected chi connectivity index (χ3v) is 8.27. The first-order chi connectivity index (χ1) is 18.6. The second-order valence-corrected chi connectivity index (χ2v) is 10.9. The van der Waals surface area contributed by atoms with Crippen LogP contribution in [-0.2, 0) is 19.4 Å². The highest BCUT2D eigenvalue weighted by molar-refractivity contribution is 5.59. The number of aryl methyl sites for hydroxylation is 1. The molecule has 1 aliphatic carbocycles. The second-order valence-electron chi connectivity index (χ2n) is 10.9. The Hall–Kier alpha value is -3.18. The highest BCUT2D eigenvalue weighted by atomic mass is 16.5. The van der Waals surface area contributed by atoms with E-state index in [9.17, 15) is 10.2 Å². The van der Waals surface area contributed by atoms with Crippen molar-refractivity contribution in [3.8, 4) is 17.2 Å². The number of phenols is 2. The lowest BCUT2D eigenvalue weighted by Gasteiger charge is -2.31. The smallest absolute Gasteiger partial charge is 0.119 e. The molecule has 0 aromatic heterocycles. The molecule has 0 spiro atoms. The van der Waals surface area contributed by atoms with Gasteiger partial charge in [-0.25, -0.2) is 0 Å². The zero-order chi connectivity index (χ0) is 26.3. The van der Waals surface area contributed by atoms with Gasteiger partial charge in [0, 0.05) is 31.4 Å². The number of fused-ring (bicyclic) bond motifs is 1. The molecule has 5 rings (SSSR count). The maximum atomic E-state index is 10.4. The molecule has 3 aromatic rings. The summed E-state index contributed by atoms with van der Waals surface area (Å²) in [6.07, 6.45) is 8.28. The van der Waals surface area contributed by atoms with Crippen LogP contribution in [0.2, 0.25) is 0 Å². The number of likely N-dealkylation sites (tertiary alicyclic amines) is 1. The third-order valence-electron chi connectivity index (χ3n) is 8.27. The molecule has 202 valence electrons. The first kappa shape index (κ1) is 26.4. The van der Waals surface area contributed by atoms with Crippen LogP contribution in [0.4, 0.5) is 5.69 Å². The topological polar surface area (TPSA) is 56.2 Å². The van der Waals surface area contributed by atoms with Gasteiger partial charge >= 0.3 is 0 Å². The second kappa shape index (κ2) is 12.6. The Morgan fingerprint density at radius 3 is 2.37 bits per heavy atom. The zero-order valence-corrected chi connectivity index (χ0v) is 22.7. The molecule has 38 heavy (non-hydrogen) atoms. The number of hydrogen-bond acceptors (Lipinski definition) is 5. The minimum Gasteiger partial charge on any atom is -0.508 e. The summed E-state index contributed by atoms with van der Waals surface area (Å²) in [4.78, 5) is 4.89. The van der Waals surface area contributed by atoms with E-state index in [1.54, 1.807) is 6.07 Å². The van der Waals surface area contributed by atoms with E-state index in [0.29, 0.717) is 17.4 Å². The SMILES string of the molecule is CCN(Cc1ccc(OCCN2CCCCCC2)cc1)c1cc(O)ccc1C1CCc2cc(O)ccc2C1. The lowest BCUT2D eigenvalue weighted by molar-refractivity contribution is 0.214. The molecule has 1 unspecified atom stereocenters. The van der Waals surface area contributed by atoms with E-state index in [-0.39, 0.29) is 0 Å². The van der Waals surface area contributed by atoms with Crippen molar-refractivity contribution in [2.24, 2.45) is 0 Å². The number of ether oxygens (including phenoxy) is 1. The van der Waals surface area contributed by atoms with Crippen LogP contribution in [0, 0.1) is 0 Å². The van der Waals surface area contributed by atoms with E-state index in [0.717, 1.165) is 56.9 Å². The van der Waals surface area contributed by atoms with Crippen molar-refractivity contribution in [3.63, 3.8) is 0 Å². The molecule has 2 N–H and O–H groups in total. The predicted octanol–water partition coefficient (Wildman–Crippen LogP) is 6.65. The number of rotatable bonds is 9. The molecule has 1 aliphatic heterocycles. The average Bonchev–Trinajstić information content (AvgIpc) is 3.21. The van der Waals surface area contributed by atoms with Crippen LogP contribution in [0.5, 0.6) is 17.2 Å². The summed E-state index contributed by atoms with van der Waals surface area (Å²) in [5.41, 5.74) is 6.19. The summed E-state index contributed by atoms with van der Waals surface area (Å²) in [7, 11) is 0. The molecule has 3 aromatic carbocycles. The molecule has 0 amide bonds. The summed E-state index contributed by atoms with van der Waals surface area (Å²) in [6, 6.07) is 20.1. The van der Waals surface area contributed by atoms with Gasteiger partial charge in [-0.05, 0) is 111 Å². The normalized spacial score (nSPS) is 18.0. The van der Waals surface area contributed by atoms with Crippen molar-refractivity contribution >= 4 is 5.69 Å². The molecule has 1 saturated heterocycles. The number of benzene rings is 3. The van der Waals surface area contributed by atoms with Gasteiger partial charge in [0.2, 0.25) is 0 Å². The Labute approximate surface area is 227 Å². The number of anilines is 1. The van der Waals surface area contributed by atoms with Gasteiger partial charge in [-0.3, -0.25) is 4.90 Å². The van der Waals surface area contributed by atoms with Crippen LogP contribution in [0.1, 0.15) is 67.2 Å². The van der Waals surface area contributed by atoms with Crippen molar-refractivity contribution in [2.45, 2.75) is 64.3 Å². The molecular formula is C33H42N2O3. The van der Waals surface area contributed by atoms with Crippen molar-refractivity contribution < 1.29 is 14.9 Å². The van der Waals surface area contributed by atoms with Crippen molar-refractivity contribution in [3.05, 3.63) is 82.9 Å². The van der Waals surface area contributed by atoms with Crippen LogP contribution in [0.25, 0.3) is 0 Å². The zero-order valence-electron chi connectivity index (χ0n) is 22.7. The average molecular weight is 515 g/mol. The van der Waals surface area contributed by atoms with E-state index in [2.05, 4.69) is 53.1 Å². The third kappa shape index (κ3) is 6.63. The number of aromatic hydroxyl groups is 2. The largest absolute Gasteiger partial charge is 0.508 e. The molecule has 0 saturated carbocycles. The maximum Gasteiger partial charge on any atom is 0.119 e. The summed E-state index contributed by atoms with van der Waals surface area (Å²) in [5, 5.41) is 20.3. The van der Waals surface area contributed by atoms with Crippen LogP contribution in [-0.4, -0.2) is 47.9 Å². The summed E-state index contributed by atoms with van der Waals surface area (Å²) >= 11 is 0. The monoisotopic (exact) mass is 514 g/mol. The summed E-state index contributed by atoms with van der Waals surface area (Å²) in [5.74, 6) is 1.96. The molecule has 0 radical (unpaired) electrons. The Morgan fingerprint density at radius 1 is 0.868 bits per heavy atom. The van der Waals surface area contributed by atoms with Gasteiger partial charge < -0.3 is 19.8 Å². The van der Waals surface area contributed by atoms with Gasteiger partial charge in [0.1, 0.15) is 23.9 Å². The fourth-order valence-electron chi connectivity index (χ4n) is 6.09. The highest BCUT2D eigenvalue weighted by Gasteiger charge is 2.24. The summed E-state index contributed by atoms with van der Waals surface area (Å²) in [6.45, 7) is 7.93. The van der Waals surface area contributed by atoms with Crippen LogP contribution >= 0.6 is 0 Å². The number of nitrogens with zero attached hydrogens (tertiary/aromatic N) is 2. The Balaban J connectivity index is 1.24. The van der Waals surface area contributed by atoms with E-state index in [1.807, 2.05) is 18.2 Å². The highest BCUT2D eigenvalue weighted by Crippen LogP contribution is 2.40. The van der Waals surface area contributed by atoms with E-state index >= 15 is 0 Å². The number of phenolic OH excluding ortho intramolecular Hbond substituents is 2. The molecule has 5 heteroatoms. The van der Waals surface area contributed by atoms with Crippen LogP contribution in [0.3, 0.4) is 0 Å². The van der Waals surface area contributed by atoms with Crippen LogP contribution < -0.4 is 9.64 Å². The number of hydrogen-bond donors (Lipinski definition) is 2. The molecule has 2 aliphatic rings. The fraction of sp³-hybridized carbons (Fsp3) is 0.455. The minimum absolute atomic E-state index is 0.302. The Morgan fingerprint density at radius 2 is 1.61 bits per heavy atom. The van der Waals surface area contributed by atoms with E-state index in [1.165, 1.54) is 61.0 Å². The van der Waals surface area contributed by atoms with Gasteiger partial charge in [0.15, 0.2) is 0 Å². The van der Waals surface area contributed by atoms with Crippen molar-refractivity contribution in [1.82, 2.24) is 4.90 Å². The Kier molecular flexibility index (Phi) is 8.75. The fourth-order valence-corrected chi connectivity index (χ4v) is 6.09. The molecule has 0 bridgehead atoms. The van der Waals surface area contributed by atoms with Gasteiger partial charge in [-0.2, -0.15) is 0 Å². The van der Waals surface area contributed by atoms with Gasteiger partial charge in [0.25, 0.3) is 0 Å². The van der Waals surface area contributed by atoms with Gasteiger partial charge in [-0.15, -0.1) is 0 Å². The van der Waals surface area contributed by atoms with E-state index in [4.69, 9.17) is 4.74 Å². The molecule has 1 fully saturated rings. The summed E-state index contributed by atoms with van der Waals surface area (Å²) < 4.78 is 6.07.